The number of aromatic nitrogens is 1. The Morgan fingerprint density at radius 1 is 1.50 bits per heavy atom. The van der Waals surface area contributed by atoms with Crippen LogP contribution in [0, 0.1) is 17.8 Å². The van der Waals surface area contributed by atoms with Crippen molar-refractivity contribution >= 4 is 5.82 Å². The van der Waals surface area contributed by atoms with Gasteiger partial charge >= 0.3 is 0 Å². The highest BCUT2D eigenvalue weighted by atomic mass is 19.1. The molecular weight excluding hydrogens is 179 g/mol. The largest absolute Gasteiger partial charge is 0.370 e. The zero-order valence-corrected chi connectivity index (χ0v) is 8.33. The monoisotopic (exact) mass is 194 g/mol. The summed E-state index contributed by atoms with van der Waals surface area (Å²) >= 11 is 0. The number of hydrogen-bond donors (Lipinski definition) is 1. The molecule has 0 saturated heterocycles. The van der Waals surface area contributed by atoms with E-state index < -0.39 is 5.95 Å². The Morgan fingerprint density at radius 3 is 3.00 bits per heavy atom. The summed E-state index contributed by atoms with van der Waals surface area (Å²) in [5.74, 6) is 1.87. The van der Waals surface area contributed by atoms with Gasteiger partial charge in [-0.05, 0) is 30.4 Å². The molecule has 0 bridgehead atoms. The zero-order chi connectivity index (χ0) is 9.97. The van der Waals surface area contributed by atoms with E-state index in [-0.39, 0.29) is 0 Å². The van der Waals surface area contributed by atoms with Crippen molar-refractivity contribution in [2.45, 2.75) is 19.8 Å². The van der Waals surface area contributed by atoms with Crippen LogP contribution in [0.4, 0.5) is 10.2 Å². The lowest BCUT2D eigenvalue weighted by atomic mass is 10.2. The standard InChI is InChI=1S/C11H15FN2/c1-2-8-6-9(8)7-13-11-5-3-4-10(12)14-11/h3-5,8-9H,2,6-7H2,1H3,(H,13,14). The van der Waals surface area contributed by atoms with Gasteiger partial charge in [-0.15, -0.1) is 0 Å². The van der Waals surface area contributed by atoms with E-state index in [1.165, 1.54) is 18.9 Å². The Balaban J connectivity index is 1.81. The van der Waals surface area contributed by atoms with Crippen LogP contribution in [-0.4, -0.2) is 11.5 Å². The van der Waals surface area contributed by atoms with E-state index in [0.717, 1.165) is 18.4 Å². The Kier molecular flexibility index (Phi) is 2.66. The highest BCUT2D eigenvalue weighted by Gasteiger charge is 2.34. The molecule has 2 rings (SSSR count). The van der Waals surface area contributed by atoms with E-state index in [1.807, 2.05) is 0 Å². The number of hydrogen-bond acceptors (Lipinski definition) is 2. The normalized spacial score (nSPS) is 24.7. The summed E-state index contributed by atoms with van der Waals surface area (Å²) in [5.41, 5.74) is 0. The van der Waals surface area contributed by atoms with E-state index in [2.05, 4.69) is 17.2 Å². The van der Waals surface area contributed by atoms with Gasteiger partial charge in [0.1, 0.15) is 5.82 Å². The van der Waals surface area contributed by atoms with Crippen LogP contribution < -0.4 is 5.32 Å². The second kappa shape index (κ2) is 3.95. The van der Waals surface area contributed by atoms with Crippen molar-refractivity contribution in [2.24, 2.45) is 11.8 Å². The molecule has 2 unspecified atom stereocenters. The molecule has 76 valence electrons. The van der Waals surface area contributed by atoms with Gasteiger partial charge in [-0.1, -0.05) is 19.4 Å². The summed E-state index contributed by atoms with van der Waals surface area (Å²) in [5, 5.41) is 3.16. The van der Waals surface area contributed by atoms with Gasteiger partial charge in [-0.3, -0.25) is 0 Å². The third kappa shape index (κ3) is 2.22. The van der Waals surface area contributed by atoms with Crippen LogP contribution in [0.3, 0.4) is 0 Å². The number of pyridine rings is 1. The molecule has 1 fully saturated rings. The van der Waals surface area contributed by atoms with Crippen molar-refractivity contribution in [1.82, 2.24) is 4.98 Å². The van der Waals surface area contributed by atoms with Crippen LogP contribution in [0.15, 0.2) is 18.2 Å². The van der Waals surface area contributed by atoms with E-state index in [1.54, 1.807) is 12.1 Å². The summed E-state index contributed by atoms with van der Waals surface area (Å²) < 4.78 is 12.7. The third-order valence-corrected chi connectivity index (χ3v) is 2.85. The van der Waals surface area contributed by atoms with Crippen molar-refractivity contribution in [3.63, 3.8) is 0 Å². The molecule has 0 amide bonds. The Morgan fingerprint density at radius 2 is 2.36 bits per heavy atom. The molecular formula is C11H15FN2. The summed E-state index contributed by atoms with van der Waals surface area (Å²) in [6.07, 6.45) is 2.56. The second-order valence-electron chi connectivity index (χ2n) is 3.89. The second-order valence-corrected chi connectivity index (χ2v) is 3.89. The summed E-state index contributed by atoms with van der Waals surface area (Å²) in [6, 6.07) is 4.83. The highest BCUT2D eigenvalue weighted by Crippen LogP contribution is 2.40. The first-order valence-electron chi connectivity index (χ1n) is 5.16. The Bertz CT molecular complexity index is 314. The van der Waals surface area contributed by atoms with Gasteiger partial charge in [0, 0.05) is 6.54 Å². The van der Waals surface area contributed by atoms with Gasteiger partial charge in [0.05, 0.1) is 0 Å². The number of rotatable bonds is 4. The highest BCUT2D eigenvalue weighted by molar-refractivity contribution is 5.33. The molecule has 3 heteroatoms. The van der Waals surface area contributed by atoms with Gasteiger partial charge in [-0.25, -0.2) is 4.98 Å². The molecule has 2 nitrogen and oxygen atoms in total. The van der Waals surface area contributed by atoms with Crippen LogP contribution in [-0.2, 0) is 0 Å². The summed E-state index contributed by atoms with van der Waals surface area (Å²) in [6.45, 7) is 3.14. The molecule has 1 N–H and O–H groups in total. The third-order valence-electron chi connectivity index (χ3n) is 2.85. The van der Waals surface area contributed by atoms with E-state index in [4.69, 9.17) is 0 Å². The first-order chi connectivity index (χ1) is 6.79. The first kappa shape index (κ1) is 9.44. The molecule has 1 saturated carbocycles. The number of halogens is 1. The van der Waals surface area contributed by atoms with Crippen molar-refractivity contribution in [3.05, 3.63) is 24.1 Å². The SMILES string of the molecule is CCC1CC1CNc1cccc(F)n1. The average molecular weight is 194 g/mol. The van der Waals surface area contributed by atoms with Gasteiger partial charge in [0.25, 0.3) is 0 Å². The molecule has 1 heterocycles. The minimum absolute atomic E-state index is 0.419. The molecule has 2 atom stereocenters. The van der Waals surface area contributed by atoms with Crippen molar-refractivity contribution in [2.75, 3.05) is 11.9 Å². The number of nitrogens with zero attached hydrogens (tertiary/aromatic N) is 1. The van der Waals surface area contributed by atoms with Gasteiger partial charge in [0.15, 0.2) is 0 Å². The fourth-order valence-electron chi connectivity index (χ4n) is 1.80. The fourth-order valence-corrected chi connectivity index (χ4v) is 1.80. The van der Waals surface area contributed by atoms with Crippen molar-refractivity contribution in [3.8, 4) is 0 Å². The smallest absolute Gasteiger partial charge is 0.214 e. The quantitative estimate of drug-likeness (QED) is 0.745. The predicted molar refractivity (Wildman–Crippen MR) is 54.6 cm³/mol. The molecule has 14 heavy (non-hydrogen) atoms. The van der Waals surface area contributed by atoms with Crippen molar-refractivity contribution < 1.29 is 4.39 Å². The van der Waals surface area contributed by atoms with Gasteiger partial charge in [-0.2, -0.15) is 4.39 Å². The zero-order valence-electron chi connectivity index (χ0n) is 8.33. The lowest BCUT2D eigenvalue weighted by molar-refractivity contribution is 0.584. The predicted octanol–water partition coefficient (Wildman–Crippen LogP) is 2.68. The number of anilines is 1. The maximum absolute atomic E-state index is 12.7. The molecule has 1 aromatic heterocycles. The summed E-state index contributed by atoms with van der Waals surface area (Å²) in [4.78, 5) is 3.75. The molecule has 1 aromatic rings. The topological polar surface area (TPSA) is 24.9 Å². The number of nitrogens with one attached hydrogen (secondary N) is 1. The Labute approximate surface area is 83.6 Å². The molecule has 0 radical (unpaired) electrons. The van der Waals surface area contributed by atoms with Crippen LogP contribution >= 0.6 is 0 Å². The average Bonchev–Trinajstić information content (AvgIpc) is 2.93. The van der Waals surface area contributed by atoms with Gasteiger partial charge < -0.3 is 5.32 Å². The maximum Gasteiger partial charge on any atom is 0.214 e. The molecule has 0 spiro atoms. The van der Waals surface area contributed by atoms with Gasteiger partial charge in [0.2, 0.25) is 5.95 Å². The minimum Gasteiger partial charge on any atom is -0.370 e. The maximum atomic E-state index is 12.7. The van der Waals surface area contributed by atoms with E-state index in [0.29, 0.717) is 5.82 Å². The lowest BCUT2D eigenvalue weighted by Gasteiger charge is -2.03. The Hall–Kier alpha value is -1.12. The van der Waals surface area contributed by atoms with Crippen molar-refractivity contribution in [1.29, 1.82) is 0 Å². The fraction of sp³-hybridized carbons (Fsp3) is 0.545. The summed E-state index contributed by atoms with van der Waals surface area (Å²) in [7, 11) is 0. The lowest BCUT2D eigenvalue weighted by Crippen LogP contribution is -2.06. The van der Waals surface area contributed by atoms with Crippen LogP contribution in [0.1, 0.15) is 19.8 Å². The van der Waals surface area contributed by atoms with Crippen LogP contribution in [0.2, 0.25) is 0 Å². The first-order valence-corrected chi connectivity index (χ1v) is 5.16. The molecule has 1 aliphatic rings. The molecule has 1 aliphatic carbocycles. The van der Waals surface area contributed by atoms with E-state index >= 15 is 0 Å². The molecule has 0 aliphatic heterocycles. The van der Waals surface area contributed by atoms with Crippen LogP contribution in [0.5, 0.6) is 0 Å². The van der Waals surface area contributed by atoms with Crippen LogP contribution in [0.25, 0.3) is 0 Å². The minimum atomic E-state index is -0.419. The van der Waals surface area contributed by atoms with E-state index in [9.17, 15) is 4.39 Å². The molecule has 0 aromatic carbocycles.